The second-order valence-corrected chi connectivity index (χ2v) is 5.17. The molecule has 0 bridgehead atoms. The summed E-state index contributed by atoms with van der Waals surface area (Å²) in [6.45, 7) is 4.23. The zero-order valence-corrected chi connectivity index (χ0v) is 12.5. The molecule has 21 heavy (non-hydrogen) atoms. The number of benzene rings is 1. The van der Waals surface area contributed by atoms with Crippen molar-refractivity contribution in [2.45, 2.75) is 13.8 Å². The highest BCUT2D eigenvalue weighted by atomic mass is 32.1. The summed E-state index contributed by atoms with van der Waals surface area (Å²) in [5.41, 5.74) is 3.39. The molecule has 0 atom stereocenters. The molecular formula is C14H14N4O2S. The van der Waals surface area contributed by atoms with E-state index in [4.69, 9.17) is 4.74 Å². The fraction of sp³-hybridized carbons (Fsp3) is 0.214. The third-order valence-corrected chi connectivity index (χ3v) is 3.64. The zero-order valence-electron chi connectivity index (χ0n) is 11.7. The average molecular weight is 302 g/mol. The van der Waals surface area contributed by atoms with E-state index in [0.29, 0.717) is 34.4 Å². The van der Waals surface area contributed by atoms with Crippen LogP contribution in [0.15, 0.2) is 29.8 Å². The number of carbonyl (C=O) groups excluding carboxylic acids is 1. The topological polar surface area (TPSA) is 68.5 Å². The van der Waals surface area contributed by atoms with E-state index in [1.807, 2.05) is 25.1 Å². The van der Waals surface area contributed by atoms with Crippen molar-refractivity contribution < 1.29 is 9.53 Å². The van der Waals surface area contributed by atoms with Crippen molar-refractivity contribution in [2.75, 3.05) is 11.9 Å². The molecule has 3 rings (SSSR count). The molecule has 0 unspecified atom stereocenters. The first-order chi connectivity index (χ1) is 10.2. The van der Waals surface area contributed by atoms with Crippen molar-refractivity contribution >= 4 is 27.9 Å². The summed E-state index contributed by atoms with van der Waals surface area (Å²) in [7, 11) is 0. The molecule has 0 spiro atoms. The minimum absolute atomic E-state index is 0.252. The quantitative estimate of drug-likeness (QED) is 0.804. The van der Waals surface area contributed by atoms with Gasteiger partial charge in [0.1, 0.15) is 11.3 Å². The molecule has 0 fully saturated rings. The summed E-state index contributed by atoms with van der Waals surface area (Å²) in [5, 5.41) is 7.00. The van der Waals surface area contributed by atoms with Crippen molar-refractivity contribution in [2.24, 2.45) is 0 Å². The lowest BCUT2D eigenvalue weighted by Crippen LogP contribution is -2.16. The highest BCUT2D eigenvalue weighted by molar-refractivity contribution is 7.14. The summed E-state index contributed by atoms with van der Waals surface area (Å²) in [5.74, 6) is 0.392. The van der Waals surface area contributed by atoms with E-state index >= 15 is 0 Å². The number of nitrogens with one attached hydrogen (secondary N) is 1. The molecular weight excluding hydrogens is 288 g/mol. The Morgan fingerprint density at radius 2 is 2.24 bits per heavy atom. The van der Waals surface area contributed by atoms with Crippen LogP contribution in [0.1, 0.15) is 23.1 Å². The van der Waals surface area contributed by atoms with Gasteiger partial charge in [0.15, 0.2) is 5.69 Å². The van der Waals surface area contributed by atoms with Gasteiger partial charge >= 0.3 is 0 Å². The van der Waals surface area contributed by atoms with Crippen LogP contribution in [0.3, 0.4) is 0 Å². The Morgan fingerprint density at radius 1 is 1.43 bits per heavy atom. The summed E-state index contributed by atoms with van der Waals surface area (Å²) in [4.78, 5) is 17.5. The van der Waals surface area contributed by atoms with Crippen molar-refractivity contribution in [1.29, 1.82) is 0 Å². The number of anilines is 1. The summed E-state index contributed by atoms with van der Waals surface area (Å²) in [6, 6.07) is 7.33. The number of carbonyl (C=O) groups is 1. The number of aromatic nitrogens is 3. The Bertz CT molecular complexity index is 793. The predicted molar refractivity (Wildman–Crippen MR) is 81.2 cm³/mol. The number of ether oxygens (including phenoxy) is 1. The van der Waals surface area contributed by atoms with E-state index in [2.05, 4.69) is 15.4 Å². The lowest BCUT2D eigenvalue weighted by Gasteiger charge is -2.10. The molecule has 6 nitrogen and oxygen atoms in total. The predicted octanol–water partition coefficient (Wildman–Crippen LogP) is 2.75. The van der Waals surface area contributed by atoms with Gasteiger partial charge in [-0.25, -0.2) is 4.98 Å². The minimum atomic E-state index is -0.252. The van der Waals surface area contributed by atoms with Gasteiger partial charge in [-0.3, -0.25) is 4.79 Å². The third kappa shape index (κ3) is 2.47. The first-order valence-corrected chi connectivity index (χ1v) is 7.40. The van der Waals surface area contributed by atoms with E-state index in [0.717, 1.165) is 0 Å². The Hall–Kier alpha value is -2.41. The Balaban J connectivity index is 1.93. The largest absolute Gasteiger partial charge is 0.492 e. The fourth-order valence-electron chi connectivity index (χ4n) is 2.09. The fourth-order valence-corrected chi connectivity index (χ4v) is 2.75. The Kier molecular flexibility index (Phi) is 3.57. The average Bonchev–Trinajstić information content (AvgIpc) is 3.00. The number of hydrogen-bond donors (Lipinski definition) is 1. The van der Waals surface area contributed by atoms with Crippen LogP contribution in [0, 0.1) is 6.92 Å². The second-order valence-electron chi connectivity index (χ2n) is 4.36. The molecule has 108 valence electrons. The molecule has 0 aliphatic heterocycles. The van der Waals surface area contributed by atoms with Gasteiger partial charge in [0, 0.05) is 0 Å². The van der Waals surface area contributed by atoms with Crippen molar-refractivity contribution in [3.63, 3.8) is 0 Å². The second kappa shape index (κ2) is 5.53. The molecule has 1 N–H and O–H groups in total. The molecule has 1 amide bonds. The van der Waals surface area contributed by atoms with Gasteiger partial charge in [0.25, 0.3) is 5.91 Å². The maximum absolute atomic E-state index is 12.5. The molecule has 7 heteroatoms. The van der Waals surface area contributed by atoms with Crippen molar-refractivity contribution in [3.05, 3.63) is 41.2 Å². The van der Waals surface area contributed by atoms with Crippen LogP contribution >= 0.6 is 11.3 Å². The molecule has 0 radical (unpaired) electrons. The number of fused-ring (bicyclic) bond motifs is 1. The van der Waals surface area contributed by atoms with Gasteiger partial charge in [-0.05, 0) is 26.0 Å². The van der Waals surface area contributed by atoms with Gasteiger partial charge in [-0.2, -0.15) is 9.61 Å². The van der Waals surface area contributed by atoms with Crippen LogP contribution in [0.2, 0.25) is 0 Å². The van der Waals surface area contributed by atoms with E-state index in [1.165, 1.54) is 11.3 Å². The van der Waals surface area contributed by atoms with Gasteiger partial charge in [-0.1, -0.05) is 23.5 Å². The minimum Gasteiger partial charge on any atom is -0.492 e. The van der Waals surface area contributed by atoms with E-state index < -0.39 is 0 Å². The summed E-state index contributed by atoms with van der Waals surface area (Å²) >= 11 is 1.39. The van der Waals surface area contributed by atoms with E-state index in [9.17, 15) is 4.79 Å². The maximum atomic E-state index is 12.5. The van der Waals surface area contributed by atoms with E-state index in [1.54, 1.807) is 23.0 Å². The molecule has 0 aliphatic carbocycles. The molecule has 2 heterocycles. The van der Waals surface area contributed by atoms with Crippen LogP contribution in [-0.2, 0) is 0 Å². The highest BCUT2D eigenvalue weighted by Gasteiger charge is 2.19. The highest BCUT2D eigenvalue weighted by Crippen LogP contribution is 2.25. The lowest BCUT2D eigenvalue weighted by atomic mass is 10.2. The smallest absolute Gasteiger partial charge is 0.276 e. The van der Waals surface area contributed by atoms with Crippen LogP contribution in [0.5, 0.6) is 5.75 Å². The lowest BCUT2D eigenvalue weighted by molar-refractivity contribution is 0.101. The van der Waals surface area contributed by atoms with Crippen LogP contribution in [0.4, 0.5) is 5.69 Å². The number of hydrogen-bond acceptors (Lipinski definition) is 5. The summed E-state index contributed by atoms with van der Waals surface area (Å²) < 4.78 is 7.06. The van der Waals surface area contributed by atoms with Gasteiger partial charge < -0.3 is 10.1 Å². The number of amides is 1. The molecule has 2 aromatic heterocycles. The number of rotatable bonds is 4. The van der Waals surface area contributed by atoms with Crippen molar-refractivity contribution in [1.82, 2.24) is 14.6 Å². The Morgan fingerprint density at radius 3 is 3.05 bits per heavy atom. The SMILES string of the molecule is CCOc1ccccc1NC(=O)c1c(C)nc2scnn12. The Labute approximate surface area is 125 Å². The molecule has 0 aliphatic rings. The standard InChI is InChI=1S/C14H14N4O2S/c1-3-20-11-7-5-4-6-10(11)17-13(19)12-9(2)16-14-18(12)15-8-21-14/h4-8H,3H2,1-2H3,(H,17,19). The molecule has 0 saturated heterocycles. The monoisotopic (exact) mass is 302 g/mol. The number of aryl methyl sites for hydroxylation is 1. The first kappa shape index (κ1) is 13.6. The van der Waals surface area contributed by atoms with Crippen LogP contribution < -0.4 is 10.1 Å². The van der Waals surface area contributed by atoms with Gasteiger partial charge in [0.05, 0.1) is 18.0 Å². The van der Waals surface area contributed by atoms with Crippen molar-refractivity contribution in [3.8, 4) is 5.75 Å². The van der Waals surface area contributed by atoms with Crippen LogP contribution in [-0.4, -0.2) is 27.1 Å². The van der Waals surface area contributed by atoms with Crippen LogP contribution in [0.25, 0.3) is 4.96 Å². The zero-order chi connectivity index (χ0) is 14.8. The number of nitrogens with zero attached hydrogens (tertiary/aromatic N) is 3. The third-order valence-electron chi connectivity index (χ3n) is 2.97. The summed E-state index contributed by atoms with van der Waals surface area (Å²) in [6.07, 6.45) is 0. The first-order valence-electron chi connectivity index (χ1n) is 6.52. The van der Waals surface area contributed by atoms with Gasteiger partial charge in [-0.15, -0.1) is 0 Å². The molecule has 1 aromatic carbocycles. The van der Waals surface area contributed by atoms with E-state index in [-0.39, 0.29) is 5.91 Å². The maximum Gasteiger partial charge on any atom is 0.276 e. The number of imidazole rings is 1. The normalized spacial score (nSPS) is 10.8. The van der Waals surface area contributed by atoms with Gasteiger partial charge in [0.2, 0.25) is 4.96 Å². The number of para-hydroxylation sites is 2. The molecule has 0 saturated carbocycles. The molecule has 3 aromatic rings.